The number of nitrogens with zero attached hydrogens (tertiary/aromatic N) is 2. The number of carbonyl (C=O) groups is 1. The zero-order valence-electron chi connectivity index (χ0n) is 19.7. The molecule has 1 aliphatic heterocycles. The van der Waals surface area contributed by atoms with Gasteiger partial charge in [0.1, 0.15) is 0 Å². The molecule has 2 atom stereocenters. The minimum absolute atomic E-state index is 0.0802. The number of aryl methyl sites for hydroxylation is 1. The molecule has 0 bridgehead atoms. The first-order chi connectivity index (χ1) is 17.1. The second-order valence-corrected chi connectivity index (χ2v) is 10.0. The number of amides is 1. The molecule has 0 spiro atoms. The van der Waals surface area contributed by atoms with E-state index in [2.05, 4.69) is 106 Å². The standard InChI is InChI=1S/C31H25BrN2O/c1-20(21-10-4-3-5-11-21)34-30(24-12-6-7-13-25(24)31(34)35)28-26-14-8-9-15-27(26)33(2)29(28)22-16-18-23(32)19-17-22/h3-20,30H,1-2H3/t20-,30-/m0/s1. The average molecular weight is 521 g/mol. The van der Waals surface area contributed by atoms with Crippen LogP contribution in [-0.2, 0) is 7.05 Å². The molecule has 4 heteroatoms. The fourth-order valence-corrected chi connectivity index (χ4v) is 5.84. The Morgan fingerprint density at radius 3 is 2.23 bits per heavy atom. The quantitative estimate of drug-likeness (QED) is 0.236. The van der Waals surface area contributed by atoms with Gasteiger partial charge >= 0.3 is 0 Å². The molecule has 0 N–H and O–H groups in total. The Labute approximate surface area is 213 Å². The lowest BCUT2D eigenvalue weighted by molar-refractivity contribution is 0.0678. The summed E-state index contributed by atoms with van der Waals surface area (Å²) in [6, 6.07) is 35.1. The number of fused-ring (bicyclic) bond motifs is 2. The summed E-state index contributed by atoms with van der Waals surface area (Å²) < 4.78 is 3.31. The highest BCUT2D eigenvalue weighted by Crippen LogP contribution is 2.49. The lowest BCUT2D eigenvalue weighted by Gasteiger charge is -2.32. The van der Waals surface area contributed by atoms with E-state index in [1.165, 1.54) is 10.9 Å². The summed E-state index contributed by atoms with van der Waals surface area (Å²) in [6.07, 6.45) is 0. The van der Waals surface area contributed by atoms with Crippen LogP contribution in [0.25, 0.3) is 22.2 Å². The van der Waals surface area contributed by atoms with E-state index in [0.717, 1.165) is 37.9 Å². The Kier molecular flexibility index (Phi) is 5.34. The summed E-state index contributed by atoms with van der Waals surface area (Å²) in [6.45, 7) is 2.14. The molecule has 2 heterocycles. The summed E-state index contributed by atoms with van der Waals surface area (Å²) >= 11 is 3.58. The van der Waals surface area contributed by atoms with Crippen LogP contribution >= 0.6 is 15.9 Å². The van der Waals surface area contributed by atoms with Crippen LogP contribution in [0.4, 0.5) is 0 Å². The van der Waals surface area contributed by atoms with Crippen LogP contribution in [-0.4, -0.2) is 15.4 Å². The minimum Gasteiger partial charge on any atom is -0.343 e. The van der Waals surface area contributed by atoms with Crippen molar-refractivity contribution in [1.29, 1.82) is 0 Å². The van der Waals surface area contributed by atoms with Gasteiger partial charge in [-0.15, -0.1) is 0 Å². The van der Waals surface area contributed by atoms with Crippen LogP contribution in [0.15, 0.2) is 108 Å². The number of rotatable bonds is 4. The number of hydrogen-bond donors (Lipinski definition) is 0. The van der Waals surface area contributed by atoms with Crippen LogP contribution in [0.5, 0.6) is 0 Å². The van der Waals surface area contributed by atoms with Crippen molar-refractivity contribution in [3.05, 3.63) is 130 Å². The third-order valence-electron chi connectivity index (χ3n) is 7.23. The SMILES string of the molecule is C[C@@H](c1ccccc1)N1C(=O)c2ccccc2[C@H]1c1c(-c2ccc(Br)cc2)n(C)c2ccccc12. The lowest BCUT2D eigenvalue weighted by Crippen LogP contribution is -2.31. The van der Waals surface area contributed by atoms with Crippen LogP contribution in [0.2, 0.25) is 0 Å². The smallest absolute Gasteiger partial charge is 0.255 e. The molecule has 1 amide bonds. The summed E-state index contributed by atoms with van der Waals surface area (Å²) in [4.78, 5) is 16.0. The fraction of sp³-hybridized carbons (Fsp3) is 0.129. The monoisotopic (exact) mass is 520 g/mol. The van der Waals surface area contributed by atoms with Gasteiger partial charge in [0, 0.05) is 33.6 Å². The summed E-state index contributed by atoms with van der Waals surface area (Å²) in [5.74, 6) is 0.0802. The number of aromatic nitrogens is 1. The molecule has 0 saturated carbocycles. The highest BCUT2D eigenvalue weighted by molar-refractivity contribution is 9.10. The Morgan fingerprint density at radius 2 is 1.46 bits per heavy atom. The molecule has 1 aromatic heterocycles. The number of halogens is 1. The highest BCUT2D eigenvalue weighted by Gasteiger charge is 2.43. The predicted octanol–water partition coefficient (Wildman–Crippen LogP) is 7.91. The molecule has 0 radical (unpaired) electrons. The second-order valence-electron chi connectivity index (χ2n) is 9.13. The number of benzene rings is 4. The molecule has 0 aliphatic carbocycles. The van der Waals surface area contributed by atoms with E-state index in [4.69, 9.17) is 0 Å². The van der Waals surface area contributed by atoms with Gasteiger partial charge < -0.3 is 9.47 Å². The first-order valence-electron chi connectivity index (χ1n) is 11.9. The van der Waals surface area contributed by atoms with Crippen LogP contribution in [0, 0.1) is 0 Å². The predicted molar refractivity (Wildman–Crippen MR) is 145 cm³/mol. The molecule has 172 valence electrons. The third-order valence-corrected chi connectivity index (χ3v) is 7.76. The Morgan fingerprint density at radius 1 is 0.800 bits per heavy atom. The van der Waals surface area contributed by atoms with Gasteiger partial charge in [0.25, 0.3) is 5.91 Å². The first kappa shape index (κ1) is 21.9. The maximum Gasteiger partial charge on any atom is 0.255 e. The van der Waals surface area contributed by atoms with Gasteiger partial charge in [-0.3, -0.25) is 4.79 Å². The van der Waals surface area contributed by atoms with E-state index < -0.39 is 0 Å². The molecule has 6 rings (SSSR count). The first-order valence-corrected chi connectivity index (χ1v) is 12.7. The topological polar surface area (TPSA) is 25.2 Å². The number of hydrogen-bond acceptors (Lipinski definition) is 1. The largest absolute Gasteiger partial charge is 0.343 e. The van der Waals surface area contributed by atoms with E-state index >= 15 is 0 Å². The van der Waals surface area contributed by atoms with Gasteiger partial charge in [-0.25, -0.2) is 0 Å². The van der Waals surface area contributed by atoms with E-state index in [1.54, 1.807) is 0 Å². The van der Waals surface area contributed by atoms with Gasteiger partial charge in [0.2, 0.25) is 0 Å². The van der Waals surface area contributed by atoms with Gasteiger partial charge in [-0.05, 0) is 47.9 Å². The van der Waals surface area contributed by atoms with Crippen molar-refractivity contribution in [2.75, 3.05) is 0 Å². The van der Waals surface area contributed by atoms with Crippen molar-refractivity contribution in [1.82, 2.24) is 9.47 Å². The maximum absolute atomic E-state index is 13.9. The zero-order chi connectivity index (χ0) is 24.1. The van der Waals surface area contributed by atoms with E-state index in [1.807, 2.05) is 36.4 Å². The van der Waals surface area contributed by atoms with Crippen molar-refractivity contribution in [3.63, 3.8) is 0 Å². The number of para-hydroxylation sites is 1. The molecule has 35 heavy (non-hydrogen) atoms. The van der Waals surface area contributed by atoms with Crippen molar-refractivity contribution in [2.45, 2.75) is 19.0 Å². The van der Waals surface area contributed by atoms with E-state index in [9.17, 15) is 4.79 Å². The van der Waals surface area contributed by atoms with Gasteiger partial charge in [-0.2, -0.15) is 0 Å². The second kappa shape index (κ2) is 8.54. The van der Waals surface area contributed by atoms with Crippen LogP contribution < -0.4 is 0 Å². The normalized spacial score (nSPS) is 16.0. The molecule has 4 aromatic carbocycles. The molecular formula is C31H25BrN2O. The molecule has 0 unspecified atom stereocenters. The fourth-order valence-electron chi connectivity index (χ4n) is 5.58. The molecule has 0 fully saturated rings. The molecule has 3 nitrogen and oxygen atoms in total. The van der Waals surface area contributed by atoms with Gasteiger partial charge in [0.15, 0.2) is 0 Å². The zero-order valence-corrected chi connectivity index (χ0v) is 21.2. The highest BCUT2D eigenvalue weighted by atomic mass is 79.9. The maximum atomic E-state index is 13.9. The van der Waals surface area contributed by atoms with Crippen LogP contribution in [0.3, 0.4) is 0 Å². The van der Waals surface area contributed by atoms with Crippen molar-refractivity contribution < 1.29 is 4.79 Å². The van der Waals surface area contributed by atoms with Crippen LogP contribution in [0.1, 0.15) is 46.1 Å². The summed E-state index contributed by atoms with van der Waals surface area (Å²) in [5, 5.41) is 1.17. The molecular weight excluding hydrogens is 496 g/mol. The number of carbonyl (C=O) groups excluding carboxylic acids is 1. The Hall–Kier alpha value is -3.63. The van der Waals surface area contributed by atoms with E-state index in [-0.39, 0.29) is 18.0 Å². The van der Waals surface area contributed by atoms with Gasteiger partial charge in [0.05, 0.1) is 17.8 Å². The Balaban J connectivity index is 1.66. The molecule has 1 aliphatic rings. The van der Waals surface area contributed by atoms with E-state index in [0.29, 0.717) is 0 Å². The van der Waals surface area contributed by atoms with Crippen molar-refractivity contribution in [3.8, 4) is 11.3 Å². The van der Waals surface area contributed by atoms with Gasteiger partial charge in [-0.1, -0.05) is 94.8 Å². The Bertz CT molecular complexity index is 1550. The van der Waals surface area contributed by atoms with Crippen molar-refractivity contribution in [2.24, 2.45) is 7.05 Å². The van der Waals surface area contributed by atoms with Crippen molar-refractivity contribution >= 4 is 32.7 Å². The lowest BCUT2D eigenvalue weighted by atomic mass is 9.92. The summed E-state index contributed by atoms with van der Waals surface area (Å²) in [5.41, 5.74) is 7.58. The molecule has 5 aromatic rings. The summed E-state index contributed by atoms with van der Waals surface area (Å²) in [7, 11) is 2.12. The third kappa shape index (κ3) is 3.43. The molecule has 0 saturated heterocycles. The average Bonchev–Trinajstić information content (AvgIpc) is 3.35. The minimum atomic E-state index is -0.196.